The Morgan fingerprint density at radius 3 is 2.89 bits per heavy atom. The fourth-order valence-electron chi connectivity index (χ4n) is 1.41. The molecule has 0 spiro atoms. The number of rotatable bonds is 3. The molecule has 0 saturated carbocycles. The number of carboxylic acids is 1. The van der Waals surface area contributed by atoms with Crippen LogP contribution in [0.3, 0.4) is 0 Å². The molecule has 0 amide bonds. The number of nitrogens with zero attached hydrogens (tertiary/aromatic N) is 2. The van der Waals surface area contributed by atoms with E-state index in [1.807, 2.05) is 0 Å². The van der Waals surface area contributed by atoms with Crippen LogP contribution in [-0.4, -0.2) is 21.0 Å². The van der Waals surface area contributed by atoms with Crippen molar-refractivity contribution >= 4 is 17.5 Å². The summed E-state index contributed by atoms with van der Waals surface area (Å²) in [6.45, 7) is 1.62. The van der Waals surface area contributed by atoms with Gasteiger partial charge in [-0.05, 0) is 19.1 Å². The number of carboxylic acid groups (broad SMARTS) is 1. The molecular weight excluding hydrogens is 237 g/mol. The highest BCUT2D eigenvalue weighted by atomic mass is 19.1. The van der Waals surface area contributed by atoms with Crippen LogP contribution in [-0.2, 0) is 0 Å². The molecule has 0 fully saturated rings. The van der Waals surface area contributed by atoms with Gasteiger partial charge in [0, 0.05) is 11.3 Å². The van der Waals surface area contributed by atoms with Gasteiger partial charge in [0.1, 0.15) is 11.6 Å². The Morgan fingerprint density at radius 1 is 1.39 bits per heavy atom. The average molecular weight is 247 g/mol. The second-order valence-corrected chi connectivity index (χ2v) is 3.63. The van der Waals surface area contributed by atoms with Crippen LogP contribution in [0.15, 0.2) is 30.6 Å². The molecule has 0 aliphatic rings. The fourth-order valence-corrected chi connectivity index (χ4v) is 1.41. The minimum atomic E-state index is -1.16. The maximum atomic E-state index is 13.3. The van der Waals surface area contributed by atoms with E-state index in [0.717, 1.165) is 6.20 Å². The molecule has 2 aromatic rings. The van der Waals surface area contributed by atoms with Gasteiger partial charge in [-0.3, -0.25) is 4.98 Å². The third-order valence-electron chi connectivity index (χ3n) is 2.38. The summed E-state index contributed by atoms with van der Waals surface area (Å²) >= 11 is 0. The highest BCUT2D eigenvalue weighted by Crippen LogP contribution is 2.20. The number of benzene rings is 1. The van der Waals surface area contributed by atoms with Gasteiger partial charge in [0.25, 0.3) is 0 Å². The highest BCUT2D eigenvalue weighted by molar-refractivity contribution is 5.85. The molecule has 18 heavy (non-hydrogen) atoms. The summed E-state index contributed by atoms with van der Waals surface area (Å²) in [5, 5.41) is 11.6. The fraction of sp³-hybridized carbons (Fsp3) is 0.0833. The minimum Gasteiger partial charge on any atom is -0.476 e. The molecule has 2 N–H and O–H groups in total. The van der Waals surface area contributed by atoms with Gasteiger partial charge in [-0.2, -0.15) is 0 Å². The normalized spacial score (nSPS) is 10.1. The van der Waals surface area contributed by atoms with Crippen molar-refractivity contribution < 1.29 is 14.3 Å². The van der Waals surface area contributed by atoms with Crippen LogP contribution in [0.1, 0.15) is 16.1 Å². The summed E-state index contributed by atoms with van der Waals surface area (Å²) in [6.07, 6.45) is 2.52. The molecule has 0 saturated heterocycles. The van der Waals surface area contributed by atoms with Crippen LogP contribution in [0.5, 0.6) is 0 Å². The van der Waals surface area contributed by atoms with E-state index in [1.54, 1.807) is 19.1 Å². The molecule has 1 aromatic heterocycles. The van der Waals surface area contributed by atoms with Crippen molar-refractivity contribution in [1.29, 1.82) is 0 Å². The summed E-state index contributed by atoms with van der Waals surface area (Å²) < 4.78 is 13.3. The van der Waals surface area contributed by atoms with Crippen molar-refractivity contribution in [2.45, 2.75) is 6.92 Å². The standard InChI is InChI=1S/C12H10FN3O2/c1-7-8(13)3-2-4-9(7)15-11-6-14-5-10(16-11)12(17)18/h2-6H,1H3,(H,15,16)(H,17,18). The van der Waals surface area contributed by atoms with Crippen molar-refractivity contribution in [2.75, 3.05) is 5.32 Å². The lowest BCUT2D eigenvalue weighted by molar-refractivity contribution is 0.0690. The molecule has 0 unspecified atom stereocenters. The monoisotopic (exact) mass is 247 g/mol. The first-order chi connectivity index (χ1) is 8.58. The van der Waals surface area contributed by atoms with Crippen molar-refractivity contribution in [3.05, 3.63) is 47.7 Å². The number of aromatic nitrogens is 2. The Bertz CT molecular complexity index is 602. The maximum Gasteiger partial charge on any atom is 0.356 e. The van der Waals surface area contributed by atoms with E-state index in [0.29, 0.717) is 11.3 Å². The number of nitrogens with one attached hydrogen (secondary N) is 1. The molecule has 0 aliphatic carbocycles. The summed E-state index contributed by atoms with van der Waals surface area (Å²) in [4.78, 5) is 18.3. The van der Waals surface area contributed by atoms with Crippen LogP contribution in [0, 0.1) is 12.7 Å². The predicted octanol–water partition coefficient (Wildman–Crippen LogP) is 2.37. The van der Waals surface area contributed by atoms with Crippen molar-refractivity contribution in [3.8, 4) is 0 Å². The van der Waals surface area contributed by atoms with Gasteiger partial charge in [-0.1, -0.05) is 6.07 Å². The molecule has 1 heterocycles. The van der Waals surface area contributed by atoms with Crippen LogP contribution >= 0.6 is 0 Å². The molecular formula is C12H10FN3O2. The highest BCUT2D eigenvalue weighted by Gasteiger charge is 2.08. The van der Waals surface area contributed by atoms with E-state index < -0.39 is 5.97 Å². The third kappa shape index (κ3) is 2.42. The molecule has 6 heteroatoms. The third-order valence-corrected chi connectivity index (χ3v) is 2.38. The second-order valence-electron chi connectivity index (χ2n) is 3.63. The van der Waals surface area contributed by atoms with Gasteiger partial charge >= 0.3 is 5.97 Å². The summed E-state index contributed by atoms with van der Waals surface area (Å²) in [6, 6.07) is 4.58. The second kappa shape index (κ2) is 4.79. The number of aromatic carboxylic acids is 1. The van der Waals surface area contributed by atoms with Gasteiger partial charge < -0.3 is 10.4 Å². The van der Waals surface area contributed by atoms with Crippen molar-refractivity contribution in [2.24, 2.45) is 0 Å². The maximum absolute atomic E-state index is 13.3. The Hall–Kier alpha value is -2.50. The van der Waals surface area contributed by atoms with E-state index >= 15 is 0 Å². The molecule has 0 bridgehead atoms. The molecule has 2 rings (SSSR count). The van der Waals surface area contributed by atoms with E-state index in [4.69, 9.17) is 5.11 Å². The number of hydrogen-bond acceptors (Lipinski definition) is 4. The number of halogens is 1. The van der Waals surface area contributed by atoms with E-state index in [1.165, 1.54) is 12.3 Å². The molecule has 0 atom stereocenters. The van der Waals surface area contributed by atoms with Crippen molar-refractivity contribution in [3.63, 3.8) is 0 Å². The SMILES string of the molecule is Cc1c(F)cccc1Nc1cncc(C(=O)O)n1. The lowest BCUT2D eigenvalue weighted by Crippen LogP contribution is -2.04. The zero-order chi connectivity index (χ0) is 13.1. The topological polar surface area (TPSA) is 75.1 Å². The van der Waals surface area contributed by atoms with Gasteiger partial charge in [0.15, 0.2) is 5.69 Å². The van der Waals surface area contributed by atoms with Gasteiger partial charge in [-0.15, -0.1) is 0 Å². The minimum absolute atomic E-state index is 0.172. The smallest absolute Gasteiger partial charge is 0.356 e. The zero-order valence-corrected chi connectivity index (χ0v) is 9.51. The number of anilines is 2. The molecule has 1 aromatic carbocycles. The molecule has 92 valence electrons. The van der Waals surface area contributed by atoms with Crippen molar-refractivity contribution in [1.82, 2.24) is 9.97 Å². The van der Waals surface area contributed by atoms with E-state index in [-0.39, 0.29) is 17.3 Å². The molecule has 5 nitrogen and oxygen atoms in total. The summed E-state index contributed by atoms with van der Waals surface area (Å²) in [5.41, 5.74) is 0.779. The molecule has 0 radical (unpaired) electrons. The quantitative estimate of drug-likeness (QED) is 0.870. The number of carbonyl (C=O) groups is 1. The van der Waals surface area contributed by atoms with Crippen LogP contribution < -0.4 is 5.32 Å². The largest absolute Gasteiger partial charge is 0.476 e. The average Bonchev–Trinajstić information content (AvgIpc) is 2.35. The van der Waals surface area contributed by atoms with Crippen LogP contribution in [0.2, 0.25) is 0 Å². The van der Waals surface area contributed by atoms with Gasteiger partial charge in [-0.25, -0.2) is 14.2 Å². The van der Waals surface area contributed by atoms with Gasteiger partial charge in [0.05, 0.1) is 12.4 Å². The first kappa shape index (κ1) is 12.0. The first-order valence-electron chi connectivity index (χ1n) is 5.15. The molecule has 0 aliphatic heterocycles. The van der Waals surface area contributed by atoms with E-state index in [2.05, 4.69) is 15.3 Å². The lowest BCUT2D eigenvalue weighted by atomic mass is 10.2. The summed E-state index contributed by atoms with van der Waals surface area (Å²) in [7, 11) is 0. The van der Waals surface area contributed by atoms with Crippen LogP contribution in [0.4, 0.5) is 15.9 Å². The Kier molecular flexibility index (Phi) is 3.18. The Morgan fingerprint density at radius 2 is 2.17 bits per heavy atom. The lowest BCUT2D eigenvalue weighted by Gasteiger charge is -2.09. The predicted molar refractivity (Wildman–Crippen MR) is 63.4 cm³/mol. The summed E-state index contributed by atoms with van der Waals surface area (Å²) in [5.74, 6) is -1.26. The Balaban J connectivity index is 2.31. The van der Waals surface area contributed by atoms with Gasteiger partial charge in [0.2, 0.25) is 0 Å². The first-order valence-corrected chi connectivity index (χ1v) is 5.15. The van der Waals surface area contributed by atoms with E-state index in [9.17, 15) is 9.18 Å². The zero-order valence-electron chi connectivity index (χ0n) is 9.51. The number of hydrogen-bond donors (Lipinski definition) is 2. The van der Waals surface area contributed by atoms with Crippen LogP contribution in [0.25, 0.3) is 0 Å². The Labute approximate surface area is 102 Å².